The Morgan fingerprint density at radius 3 is 2.95 bits per heavy atom. The summed E-state index contributed by atoms with van der Waals surface area (Å²) >= 11 is 0. The molecule has 2 heterocycles. The molecule has 0 aliphatic heterocycles. The van der Waals surface area contributed by atoms with Crippen LogP contribution in [0.4, 0.5) is 0 Å². The summed E-state index contributed by atoms with van der Waals surface area (Å²) in [6.45, 7) is 5.84. The standard InChI is InChI=1S/C15H18N4O/c1-11-13-5-3-4-6-14(13)20-15(11)12(2)16-7-9-19-10-8-17-18-19/h3-6,8,10,12,16H,7,9H2,1-2H3. The first-order chi connectivity index (χ1) is 9.75. The van der Waals surface area contributed by atoms with Crippen LogP contribution in [0.3, 0.4) is 0 Å². The summed E-state index contributed by atoms with van der Waals surface area (Å²) < 4.78 is 7.76. The second-order valence-electron chi connectivity index (χ2n) is 4.93. The molecule has 3 aromatic rings. The molecule has 0 radical (unpaired) electrons. The minimum atomic E-state index is 0.172. The van der Waals surface area contributed by atoms with Crippen molar-refractivity contribution in [3.05, 3.63) is 48.0 Å². The predicted molar refractivity (Wildman–Crippen MR) is 77.4 cm³/mol. The van der Waals surface area contributed by atoms with Crippen LogP contribution in [0.5, 0.6) is 0 Å². The number of aryl methyl sites for hydroxylation is 1. The molecule has 1 aromatic carbocycles. The van der Waals surface area contributed by atoms with Crippen LogP contribution in [-0.2, 0) is 6.54 Å². The van der Waals surface area contributed by atoms with Crippen LogP contribution >= 0.6 is 0 Å². The normalized spacial score (nSPS) is 12.9. The van der Waals surface area contributed by atoms with E-state index in [1.807, 2.05) is 29.1 Å². The first-order valence-corrected chi connectivity index (χ1v) is 6.81. The average molecular weight is 270 g/mol. The molecule has 0 fully saturated rings. The summed E-state index contributed by atoms with van der Waals surface area (Å²) in [5, 5.41) is 12.4. The number of fused-ring (bicyclic) bond motifs is 1. The van der Waals surface area contributed by atoms with Crippen LogP contribution in [0.15, 0.2) is 41.1 Å². The summed E-state index contributed by atoms with van der Waals surface area (Å²) in [5.74, 6) is 1.00. The summed E-state index contributed by atoms with van der Waals surface area (Å²) in [6, 6.07) is 8.31. The van der Waals surface area contributed by atoms with E-state index < -0.39 is 0 Å². The molecular weight excluding hydrogens is 252 g/mol. The van der Waals surface area contributed by atoms with E-state index in [-0.39, 0.29) is 6.04 Å². The molecule has 2 aromatic heterocycles. The summed E-state index contributed by atoms with van der Waals surface area (Å²) in [6.07, 6.45) is 3.55. The molecule has 1 unspecified atom stereocenters. The van der Waals surface area contributed by atoms with Gasteiger partial charge in [-0.05, 0) is 25.5 Å². The third-order valence-corrected chi connectivity index (χ3v) is 3.54. The SMILES string of the molecule is Cc1c(C(C)NCCn2ccnn2)oc2ccccc12. The van der Waals surface area contributed by atoms with Crippen LogP contribution in [0.2, 0.25) is 0 Å². The lowest BCUT2D eigenvalue weighted by atomic mass is 10.1. The molecule has 0 bridgehead atoms. The monoisotopic (exact) mass is 270 g/mol. The maximum atomic E-state index is 5.95. The highest BCUT2D eigenvalue weighted by atomic mass is 16.3. The number of furan rings is 1. The van der Waals surface area contributed by atoms with Crippen molar-refractivity contribution in [2.24, 2.45) is 0 Å². The van der Waals surface area contributed by atoms with E-state index in [9.17, 15) is 0 Å². The van der Waals surface area contributed by atoms with Crippen LogP contribution < -0.4 is 5.32 Å². The highest BCUT2D eigenvalue weighted by Crippen LogP contribution is 2.28. The van der Waals surface area contributed by atoms with Gasteiger partial charge < -0.3 is 9.73 Å². The molecule has 0 saturated heterocycles. The molecule has 3 rings (SSSR count). The van der Waals surface area contributed by atoms with Crippen LogP contribution in [0.25, 0.3) is 11.0 Å². The lowest BCUT2D eigenvalue weighted by Gasteiger charge is -2.12. The first kappa shape index (κ1) is 12.9. The Hall–Kier alpha value is -2.14. The van der Waals surface area contributed by atoms with Gasteiger partial charge in [-0.3, -0.25) is 4.68 Å². The van der Waals surface area contributed by atoms with Gasteiger partial charge in [-0.1, -0.05) is 23.4 Å². The molecule has 104 valence electrons. The topological polar surface area (TPSA) is 55.9 Å². The van der Waals surface area contributed by atoms with Crippen molar-refractivity contribution in [2.75, 3.05) is 6.54 Å². The Labute approximate surface area is 117 Å². The molecule has 20 heavy (non-hydrogen) atoms. The van der Waals surface area contributed by atoms with Gasteiger partial charge in [0.15, 0.2) is 0 Å². The number of rotatable bonds is 5. The Balaban J connectivity index is 1.69. The van der Waals surface area contributed by atoms with E-state index in [1.54, 1.807) is 6.20 Å². The fraction of sp³-hybridized carbons (Fsp3) is 0.333. The van der Waals surface area contributed by atoms with Gasteiger partial charge in [0.25, 0.3) is 0 Å². The number of hydrogen-bond acceptors (Lipinski definition) is 4. The van der Waals surface area contributed by atoms with Crippen LogP contribution in [-0.4, -0.2) is 21.5 Å². The molecule has 0 spiro atoms. The van der Waals surface area contributed by atoms with Crippen molar-refractivity contribution >= 4 is 11.0 Å². The average Bonchev–Trinajstić information content (AvgIpc) is 3.08. The lowest BCUT2D eigenvalue weighted by molar-refractivity contribution is 0.430. The third-order valence-electron chi connectivity index (χ3n) is 3.54. The number of benzene rings is 1. The molecule has 0 amide bonds. The highest BCUT2D eigenvalue weighted by Gasteiger charge is 2.15. The smallest absolute Gasteiger partial charge is 0.134 e. The van der Waals surface area contributed by atoms with Gasteiger partial charge in [0, 0.05) is 18.1 Å². The maximum absolute atomic E-state index is 5.95. The van der Waals surface area contributed by atoms with Gasteiger partial charge in [-0.2, -0.15) is 0 Å². The van der Waals surface area contributed by atoms with Gasteiger partial charge in [0.2, 0.25) is 0 Å². The summed E-state index contributed by atoms with van der Waals surface area (Å²) in [5.41, 5.74) is 2.16. The zero-order valence-corrected chi connectivity index (χ0v) is 11.7. The molecule has 1 atom stereocenters. The first-order valence-electron chi connectivity index (χ1n) is 6.81. The van der Waals surface area contributed by atoms with E-state index in [0.717, 1.165) is 24.4 Å². The number of para-hydroxylation sites is 1. The zero-order valence-electron chi connectivity index (χ0n) is 11.7. The fourth-order valence-electron chi connectivity index (χ4n) is 2.45. The molecule has 0 saturated carbocycles. The third kappa shape index (κ3) is 2.44. The number of aromatic nitrogens is 3. The molecule has 1 N–H and O–H groups in total. The summed E-state index contributed by atoms with van der Waals surface area (Å²) in [7, 11) is 0. The van der Waals surface area contributed by atoms with Gasteiger partial charge >= 0.3 is 0 Å². The van der Waals surface area contributed by atoms with Crippen LogP contribution in [0, 0.1) is 6.92 Å². The number of nitrogens with one attached hydrogen (secondary N) is 1. The van der Waals surface area contributed by atoms with Gasteiger partial charge in [0.05, 0.1) is 18.8 Å². The van der Waals surface area contributed by atoms with E-state index in [0.29, 0.717) is 0 Å². The lowest BCUT2D eigenvalue weighted by Crippen LogP contribution is -2.23. The van der Waals surface area contributed by atoms with E-state index >= 15 is 0 Å². The van der Waals surface area contributed by atoms with E-state index in [1.165, 1.54) is 10.9 Å². The minimum absolute atomic E-state index is 0.172. The number of nitrogens with zero attached hydrogens (tertiary/aromatic N) is 3. The van der Waals surface area contributed by atoms with Crippen molar-refractivity contribution in [3.63, 3.8) is 0 Å². The molecule has 5 heteroatoms. The van der Waals surface area contributed by atoms with Crippen molar-refractivity contribution in [1.29, 1.82) is 0 Å². The predicted octanol–water partition coefficient (Wildman–Crippen LogP) is 2.68. The fourth-order valence-corrected chi connectivity index (χ4v) is 2.45. The Morgan fingerprint density at radius 2 is 2.20 bits per heavy atom. The van der Waals surface area contributed by atoms with Crippen LogP contribution in [0.1, 0.15) is 24.3 Å². The number of hydrogen-bond donors (Lipinski definition) is 1. The van der Waals surface area contributed by atoms with Crippen molar-refractivity contribution in [1.82, 2.24) is 20.3 Å². The van der Waals surface area contributed by atoms with Gasteiger partial charge in [0.1, 0.15) is 11.3 Å². The Bertz CT molecular complexity index is 687. The molecule has 0 aliphatic rings. The zero-order chi connectivity index (χ0) is 13.9. The van der Waals surface area contributed by atoms with Gasteiger partial charge in [-0.15, -0.1) is 5.10 Å². The second-order valence-corrected chi connectivity index (χ2v) is 4.93. The molecule has 0 aliphatic carbocycles. The quantitative estimate of drug-likeness (QED) is 0.774. The Morgan fingerprint density at radius 1 is 1.35 bits per heavy atom. The maximum Gasteiger partial charge on any atom is 0.134 e. The largest absolute Gasteiger partial charge is 0.459 e. The van der Waals surface area contributed by atoms with Crippen molar-refractivity contribution in [2.45, 2.75) is 26.4 Å². The van der Waals surface area contributed by atoms with E-state index in [4.69, 9.17) is 4.42 Å². The van der Waals surface area contributed by atoms with Gasteiger partial charge in [-0.25, -0.2) is 0 Å². The van der Waals surface area contributed by atoms with Crippen molar-refractivity contribution in [3.8, 4) is 0 Å². The van der Waals surface area contributed by atoms with E-state index in [2.05, 4.69) is 35.5 Å². The molecule has 5 nitrogen and oxygen atoms in total. The minimum Gasteiger partial charge on any atom is -0.459 e. The van der Waals surface area contributed by atoms with Crippen molar-refractivity contribution < 1.29 is 4.42 Å². The molecular formula is C15H18N4O. The Kier molecular flexibility index (Phi) is 3.52. The summed E-state index contributed by atoms with van der Waals surface area (Å²) in [4.78, 5) is 0. The highest BCUT2D eigenvalue weighted by molar-refractivity contribution is 5.82. The second kappa shape index (κ2) is 5.46.